The van der Waals surface area contributed by atoms with E-state index < -0.39 is 35.2 Å². The van der Waals surface area contributed by atoms with Gasteiger partial charge in [0, 0.05) is 24.7 Å². The quantitative estimate of drug-likeness (QED) is 0.226. The number of carboxylic acid groups (broad SMARTS) is 1. The summed E-state index contributed by atoms with van der Waals surface area (Å²) < 4.78 is 61.2. The van der Waals surface area contributed by atoms with E-state index in [0.29, 0.717) is 34.8 Å². The molecule has 1 unspecified atom stereocenters. The molecule has 0 aliphatic heterocycles. The smallest absolute Gasteiger partial charge is 0.416 e. The Labute approximate surface area is 229 Å². The fourth-order valence-corrected chi connectivity index (χ4v) is 4.28. The van der Waals surface area contributed by atoms with Crippen molar-refractivity contribution >= 4 is 5.97 Å². The van der Waals surface area contributed by atoms with Gasteiger partial charge < -0.3 is 15.2 Å². The highest BCUT2D eigenvalue weighted by atomic mass is 19.4. The van der Waals surface area contributed by atoms with Gasteiger partial charge in [-0.15, -0.1) is 0 Å². The van der Waals surface area contributed by atoms with Crippen molar-refractivity contribution in [3.8, 4) is 17.0 Å². The van der Waals surface area contributed by atoms with Gasteiger partial charge in [-0.2, -0.15) is 18.3 Å². The lowest BCUT2D eigenvalue weighted by Crippen LogP contribution is -2.38. The molecule has 40 heavy (non-hydrogen) atoms. The number of aliphatic carboxylic acids is 1. The second kappa shape index (κ2) is 11.1. The highest BCUT2D eigenvalue weighted by molar-refractivity contribution is 5.76. The number of nitrogens with one attached hydrogen (secondary N) is 1. The van der Waals surface area contributed by atoms with Crippen molar-refractivity contribution in [1.82, 2.24) is 15.1 Å². The molecule has 0 radical (unpaired) electrons. The van der Waals surface area contributed by atoms with Crippen molar-refractivity contribution in [2.24, 2.45) is 7.05 Å². The number of aromatic nitrogens is 2. The molecule has 0 aliphatic carbocycles. The number of hydrogen-bond acceptors (Lipinski definition) is 4. The molecule has 0 bridgehead atoms. The number of rotatable bonds is 9. The molecule has 0 aliphatic rings. The fourth-order valence-electron chi connectivity index (χ4n) is 4.28. The van der Waals surface area contributed by atoms with E-state index in [1.165, 1.54) is 32.0 Å². The Morgan fingerprint density at radius 1 is 1.05 bits per heavy atom. The lowest BCUT2D eigenvalue weighted by Gasteiger charge is -2.23. The number of nitrogens with zero attached hydrogens (tertiary/aromatic N) is 2. The zero-order chi connectivity index (χ0) is 29.2. The third-order valence-electron chi connectivity index (χ3n) is 6.57. The summed E-state index contributed by atoms with van der Waals surface area (Å²) in [6.07, 6.45) is -4.44. The second-order valence-corrected chi connectivity index (χ2v) is 10.0. The van der Waals surface area contributed by atoms with Gasteiger partial charge in [-0.25, -0.2) is 9.18 Å². The molecule has 210 valence electrons. The van der Waals surface area contributed by atoms with Gasteiger partial charge in [-0.05, 0) is 62.2 Å². The summed E-state index contributed by atoms with van der Waals surface area (Å²) in [5.41, 5.74) is 1.38. The summed E-state index contributed by atoms with van der Waals surface area (Å²) in [6.45, 7) is 5.07. The number of halogens is 4. The number of carbonyl (C=O) groups is 1. The van der Waals surface area contributed by atoms with Crippen molar-refractivity contribution in [3.05, 3.63) is 107 Å². The molecular formula is C30H29F4N3O3. The van der Waals surface area contributed by atoms with Gasteiger partial charge in [0.05, 0.1) is 23.0 Å². The van der Waals surface area contributed by atoms with Crippen molar-refractivity contribution in [2.45, 2.75) is 45.1 Å². The Hall–Kier alpha value is -4.18. The van der Waals surface area contributed by atoms with Gasteiger partial charge in [0.1, 0.15) is 11.6 Å². The minimum Gasteiger partial charge on any atom is -0.478 e. The van der Waals surface area contributed by atoms with Crippen LogP contribution in [0.4, 0.5) is 17.6 Å². The van der Waals surface area contributed by atoms with Gasteiger partial charge in [0.25, 0.3) is 0 Å². The Balaban J connectivity index is 1.62. The summed E-state index contributed by atoms with van der Waals surface area (Å²) >= 11 is 0. The molecule has 4 aromatic rings. The highest BCUT2D eigenvalue weighted by Gasteiger charge is 2.31. The van der Waals surface area contributed by atoms with E-state index in [2.05, 4.69) is 10.4 Å². The summed E-state index contributed by atoms with van der Waals surface area (Å²) in [6, 6.07) is 17.5. The number of aryl methyl sites for hydroxylation is 2. The third-order valence-corrected chi connectivity index (χ3v) is 6.57. The standard InChI is InChI=1S/C30H29F4N3O3/c1-18-15-19(9-14-26(18)40-29(2,3)28(38)39)17-35-27(22-7-5-6-8-23(22)31)25-16-24(36-37(25)4)20-10-12-21(13-11-20)30(32,33)34/h5-16,27,35H,17H2,1-4H3,(H,38,39). The van der Waals surface area contributed by atoms with Gasteiger partial charge in [-0.3, -0.25) is 4.68 Å². The van der Waals surface area contributed by atoms with Crippen molar-refractivity contribution in [3.63, 3.8) is 0 Å². The predicted octanol–water partition coefficient (Wildman–Crippen LogP) is 6.67. The SMILES string of the molecule is Cc1cc(CNC(c2ccccc2F)c2cc(-c3ccc(C(F)(F)F)cc3)nn2C)ccc1OC(C)(C)C(=O)O. The van der Waals surface area contributed by atoms with Crippen molar-refractivity contribution < 1.29 is 32.2 Å². The summed E-state index contributed by atoms with van der Waals surface area (Å²) in [7, 11) is 1.69. The first-order valence-electron chi connectivity index (χ1n) is 12.5. The predicted molar refractivity (Wildman–Crippen MR) is 142 cm³/mol. The normalized spacial score (nSPS) is 12.8. The van der Waals surface area contributed by atoms with Gasteiger partial charge in [-0.1, -0.05) is 42.5 Å². The van der Waals surface area contributed by atoms with Crippen LogP contribution in [0.2, 0.25) is 0 Å². The van der Waals surface area contributed by atoms with Crippen LogP contribution < -0.4 is 10.1 Å². The summed E-state index contributed by atoms with van der Waals surface area (Å²) in [4.78, 5) is 11.4. The van der Waals surface area contributed by atoms with E-state index >= 15 is 0 Å². The largest absolute Gasteiger partial charge is 0.478 e. The van der Waals surface area contributed by atoms with Crippen molar-refractivity contribution in [1.29, 1.82) is 0 Å². The van der Waals surface area contributed by atoms with Gasteiger partial charge in [0.15, 0.2) is 5.60 Å². The maximum absolute atomic E-state index is 15.0. The lowest BCUT2D eigenvalue weighted by atomic mass is 10.0. The average molecular weight is 556 g/mol. The monoisotopic (exact) mass is 555 g/mol. The van der Waals surface area contributed by atoms with Crippen LogP contribution in [0.3, 0.4) is 0 Å². The second-order valence-electron chi connectivity index (χ2n) is 10.0. The van der Waals surface area contributed by atoms with Crippen LogP contribution >= 0.6 is 0 Å². The maximum atomic E-state index is 15.0. The Bertz CT molecular complexity index is 1510. The molecule has 10 heteroatoms. The first kappa shape index (κ1) is 28.8. The molecule has 0 amide bonds. The van der Waals surface area contributed by atoms with E-state index in [9.17, 15) is 27.5 Å². The molecule has 0 spiro atoms. The molecule has 0 saturated carbocycles. The molecule has 4 rings (SSSR count). The van der Waals surface area contributed by atoms with Gasteiger partial charge in [0.2, 0.25) is 0 Å². The molecule has 3 aromatic carbocycles. The molecule has 1 atom stereocenters. The number of carboxylic acids is 1. The molecule has 6 nitrogen and oxygen atoms in total. The zero-order valence-corrected chi connectivity index (χ0v) is 22.4. The van der Waals surface area contributed by atoms with Gasteiger partial charge >= 0.3 is 12.1 Å². The lowest BCUT2D eigenvalue weighted by molar-refractivity contribution is -0.152. The first-order chi connectivity index (χ1) is 18.8. The molecule has 0 saturated heterocycles. The highest BCUT2D eigenvalue weighted by Crippen LogP contribution is 2.33. The molecular weight excluding hydrogens is 526 g/mol. The maximum Gasteiger partial charge on any atom is 0.416 e. The van der Waals surface area contributed by atoms with Crippen LogP contribution in [-0.4, -0.2) is 26.5 Å². The first-order valence-corrected chi connectivity index (χ1v) is 12.5. The number of ether oxygens (including phenoxy) is 1. The number of hydrogen-bond donors (Lipinski definition) is 2. The molecule has 1 aromatic heterocycles. The van der Waals surface area contributed by atoms with E-state index in [4.69, 9.17) is 4.74 Å². The third kappa shape index (κ3) is 6.34. The summed E-state index contributed by atoms with van der Waals surface area (Å²) in [5, 5.41) is 17.2. The van der Waals surface area contributed by atoms with Crippen molar-refractivity contribution in [2.75, 3.05) is 0 Å². The molecule has 0 fully saturated rings. The zero-order valence-electron chi connectivity index (χ0n) is 22.4. The van der Waals surface area contributed by atoms with E-state index in [0.717, 1.165) is 23.3 Å². The number of alkyl halides is 3. The van der Waals surface area contributed by atoms with Crippen LogP contribution in [0, 0.1) is 12.7 Å². The molecule has 2 N–H and O–H groups in total. The topological polar surface area (TPSA) is 76.4 Å². The van der Waals surface area contributed by atoms with Crippen LogP contribution in [-0.2, 0) is 24.6 Å². The van der Waals surface area contributed by atoms with Crippen LogP contribution in [0.15, 0.2) is 72.8 Å². The van der Waals surface area contributed by atoms with Crippen LogP contribution in [0.5, 0.6) is 5.75 Å². The Morgan fingerprint density at radius 3 is 2.33 bits per heavy atom. The fraction of sp³-hybridized carbons (Fsp3) is 0.267. The average Bonchev–Trinajstić information content (AvgIpc) is 3.27. The molecule has 1 heterocycles. The van der Waals surface area contributed by atoms with Crippen LogP contribution in [0.1, 0.15) is 47.8 Å². The Kier molecular flexibility index (Phi) is 8.02. The van der Waals surface area contributed by atoms with E-state index in [1.807, 2.05) is 13.0 Å². The van der Waals surface area contributed by atoms with Crippen LogP contribution in [0.25, 0.3) is 11.3 Å². The van der Waals surface area contributed by atoms with E-state index in [-0.39, 0.29) is 0 Å². The number of benzene rings is 3. The minimum atomic E-state index is -4.44. The summed E-state index contributed by atoms with van der Waals surface area (Å²) in [5.74, 6) is -1.07. The Morgan fingerprint density at radius 2 is 1.73 bits per heavy atom. The minimum absolute atomic E-state index is 0.323. The van der Waals surface area contributed by atoms with E-state index in [1.54, 1.807) is 48.1 Å².